The molecule has 0 saturated carbocycles. The molecule has 1 rings (SSSR count). The molecule has 94 valence electrons. The van der Waals surface area contributed by atoms with Crippen LogP contribution in [0.5, 0.6) is 0 Å². The molecule has 1 atom stereocenters. The van der Waals surface area contributed by atoms with E-state index in [4.69, 9.17) is 4.74 Å². The lowest BCUT2D eigenvalue weighted by Crippen LogP contribution is -2.36. The highest BCUT2D eigenvalue weighted by atomic mass is 32.2. The summed E-state index contributed by atoms with van der Waals surface area (Å²) in [6.07, 6.45) is 5.71. The first-order valence-corrected chi connectivity index (χ1v) is 6.49. The van der Waals surface area contributed by atoms with Gasteiger partial charge < -0.3 is 10.1 Å². The van der Waals surface area contributed by atoms with Gasteiger partial charge in [0, 0.05) is 18.1 Å². The van der Waals surface area contributed by atoms with Gasteiger partial charge in [0.2, 0.25) is 0 Å². The topological polar surface area (TPSA) is 64.1 Å². The van der Waals surface area contributed by atoms with Crippen LogP contribution in [0.3, 0.4) is 0 Å². The quantitative estimate of drug-likeness (QED) is 0.581. The zero-order valence-corrected chi connectivity index (χ0v) is 10.9. The molecule has 1 N–H and O–H groups in total. The molecule has 0 spiro atoms. The highest BCUT2D eigenvalue weighted by Gasteiger charge is 2.16. The number of esters is 1. The number of carbonyl (C=O) groups is 1. The summed E-state index contributed by atoms with van der Waals surface area (Å²) in [5.41, 5.74) is 0. The van der Waals surface area contributed by atoms with Gasteiger partial charge in [0.15, 0.2) is 0 Å². The van der Waals surface area contributed by atoms with Crippen LogP contribution in [-0.2, 0) is 9.53 Å². The summed E-state index contributed by atoms with van der Waals surface area (Å²) < 4.78 is 4.96. The van der Waals surface area contributed by atoms with E-state index in [0.29, 0.717) is 13.0 Å². The van der Waals surface area contributed by atoms with E-state index in [2.05, 4.69) is 15.3 Å². The van der Waals surface area contributed by atoms with Gasteiger partial charge in [-0.05, 0) is 20.4 Å². The number of nitrogens with one attached hydrogen (secondary N) is 1. The first kappa shape index (κ1) is 13.9. The van der Waals surface area contributed by atoms with Crippen LogP contribution in [0.2, 0.25) is 0 Å². The Labute approximate surface area is 105 Å². The maximum atomic E-state index is 11.5. The van der Waals surface area contributed by atoms with Crippen LogP contribution < -0.4 is 5.32 Å². The van der Waals surface area contributed by atoms with Gasteiger partial charge in [0.05, 0.1) is 12.8 Å². The van der Waals surface area contributed by atoms with Crippen molar-refractivity contribution in [3.63, 3.8) is 0 Å². The average Bonchev–Trinajstić information content (AvgIpc) is 2.36. The largest absolute Gasteiger partial charge is 0.465 e. The molecular formula is C11H17N3O2S. The molecule has 0 aliphatic heterocycles. The number of likely N-dealkylation sites (N-methyl/N-ethyl adjacent to an activating group) is 1. The van der Waals surface area contributed by atoms with Gasteiger partial charge in [0.25, 0.3) is 0 Å². The third-order valence-corrected chi connectivity index (χ3v) is 3.06. The zero-order valence-electron chi connectivity index (χ0n) is 10.0. The van der Waals surface area contributed by atoms with Crippen LogP contribution in [0.4, 0.5) is 0 Å². The van der Waals surface area contributed by atoms with Gasteiger partial charge >= 0.3 is 5.97 Å². The number of carbonyl (C=O) groups excluding carboxylic acids is 1. The first-order chi connectivity index (χ1) is 8.27. The molecule has 1 heterocycles. The van der Waals surface area contributed by atoms with Crippen molar-refractivity contribution in [3.05, 3.63) is 18.6 Å². The fourth-order valence-electron chi connectivity index (χ4n) is 1.26. The minimum absolute atomic E-state index is 0.199. The maximum absolute atomic E-state index is 11.5. The minimum atomic E-state index is -0.251. The van der Waals surface area contributed by atoms with Crippen molar-refractivity contribution in [1.29, 1.82) is 0 Å². The van der Waals surface area contributed by atoms with Crippen LogP contribution >= 0.6 is 11.8 Å². The molecule has 0 aliphatic rings. The van der Waals surface area contributed by atoms with Crippen molar-refractivity contribution >= 4 is 17.7 Å². The number of ether oxygens (including phenoxy) is 1. The average molecular weight is 255 g/mol. The predicted molar refractivity (Wildman–Crippen MR) is 66.9 cm³/mol. The van der Waals surface area contributed by atoms with E-state index in [-0.39, 0.29) is 12.0 Å². The van der Waals surface area contributed by atoms with Crippen LogP contribution in [0, 0.1) is 0 Å². The Morgan fingerprint density at radius 1 is 1.59 bits per heavy atom. The summed E-state index contributed by atoms with van der Waals surface area (Å²) in [6, 6.07) is -0.251. The van der Waals surface area contributed by atoms with Gasteiger partial charge in [-0.1, -0.05) is 0 Å². The number of rotatable bonds is 7. The molecule has 0 radical (unpaired) electrons. The molecule has 0 fully saturated rings. The van der Waals surface area contributed by atoms with Crippen molar-refractivity contribution in [2.24, 2.45) is 0 Å². The summed E-state index contributed by atoms with van der Waals surface area (Å²) in [4.78, 5) is 19.6. The molecule has 1 aromatic rings. The van der Waals surface area contributed by atoms with Gasteiger partial charge in [0.1, 0.15) is 11.1 Å². The van der Waals surface area contributed by atoms with Crippen molar-refractivity contribution < 1.29 is 9.53 Å². The molecular weight excluding hydrogens is 238 g/mol. The zero-order chi connectivity index (χ0) is 12.5. The summed E-state index contributed by atoms with van der Waals surface area (Å²) in [6.45, 7) is 2.22. The van der Waals surface area contributed by atoms with Crippen LogP contribution in [0.25, 0.3) is 0 Å². The standard InChI is InChI=1S/C11H17N3O2S/c1-3-16-11(15)9(12-2)4-7-17-10-8-13-5-6-14-10/h5-6,8-9,12H,3-4,7H2,1-2H3. The van der Waals surface area contributed by atoms with Crippen LogP contribution in [0.1, 0.15) is 13.3 Å². The fraction of sp³-hybridized carbons (Fsp3) is 0.545. The first-order valence-electron chi connectivity index (χ1n) is 5.50. The second-order valence-corrected chi connectivity index (χ2v) is 4.39. The number of hydrogen-bond donors (Lipinski definition) is 1. The smallest absolute Gasteiger partial charge is 0.323 e. The van der Waals surface area contributed by atoms with Gasteiger partial charge in [-0.3, -0.25) is 9.78 Å². The number of aromatic nitrogens is 2. The Kier molecular flexibility index (Phi) is 6.57. The normalized spacial score (nSPS) is 12.1. The highest BCUT2D eigenvalue weighted by molar-refractivity contribution is 7.99. The van der Waals surface area contributed by atoms with Crippen molar-refractivity contribution in [2.45, 2.75) is 24.4 Å². The molecule has 0 bridgehead atoms. The maximum Gasteiger partial charge on any atom is 0.323 e. The van der Waals surface area contributed by atoms with E-state index in [0.717, 1.165) is 10.8 Å². The van der Waals surface area contributed by atoms with E-state index in [1.165, 1.54) is 0 Å². The summed E-state index contributed by atoms with van der Waals surface area (Å²) in [5, 5.41) is 3.82. The monoisotopic (exact) mass is 255 g/mol. The van der Waals surface area contributed by atoms with Crippen molar-refractivity contribution in [2.75, 3.05) is 19.4 Å². The molecule has 6 heteroatoms. The van der Waals surface area contributed by atoms with Gasteiger partial charge in [-0.25, -0.2) is 4.98 Å². The second kappa shape index (κ2) is 8.03. The van der Waals surface area contributed by atoms with Gasteiger partial charge in [-0.15, -0.1) is 11.8 Å². The van der Waals surface area contributed by atoms with Crippen molar-refractivity contribution in [1.82, 2.24) is 15.3 Å². The summed E-state index contributed by atoms with van der Waals surface area (Å²) in [5.74, 6) is 0.595. The lowest BCUT2D eigenvalue weighted by atomic mass is 10.2. The summed E-state index contributed by atoms with van der Waals surface area (Å²) >= 11 is 1.58. The Bertz CT molecular complexity index is 335. The second-order valence-electron chi connectivity index (χ2n) is 3.27. The number of nitrogens with zero attached hydrogens (tertiary/aromatic N) is 2. The predicted octanol–water partition coefficient (Wildman–Crippen LogP) is 1.11. The van der Waals surface area contributed by atoms with Crippen molar-refractivity contribution in [3.8, 4) is 0 Å². The van der Waals surface area contributed by atoms with E-state index in [1.54, 1.807) is 44.3 Å². The molecule has 0 aliphatic carbocycles. The van der Waals surface area contributed by atoms with Gasteiger partial charge in [-0.2, -0.15) is 0 Å². The third-order valence-electron chi connectivity index (χ3n) is 2.12. The van der Waals surface area contributed by atoms with E-state index in [1.807, 2.05) is 0 Å². The minimum Gasteiger partial charge on any atom is -0.465 e. The van der Waals surface area contributed by atoms with Crippen LogP contribution in [-0.4, -0.2) is 41.4 Å². The molecule has 17 heavy (non-hydrogen) atoms. The third kappa shape index (κ3) is 5.14. The number of hydrogen-bond acceptors (Lipinski definition) is 6. The molecule has 1 aromatic heterocycles. The highest BCUT2D eigenvalue weighted by Crippen LogP contribution is 2.15. The Morgan fingerprint density at radius 2 is 2.41 bits per heavy atom. The lowest BCUT2D eigenvalue weighted by Gasteiger charge is -2.13. The van der Waals surface area contributed by atoms with E-state index < -0.39 is 0 Å². The molecule has 5 nitrogen and oxygen atoms in total. The van der Waals surface area contributed by atoms with Crippen LogP contribution in [0.15, 0.2) is 23.6 Å². The summed E-state index contributed by atoms with van der Waals surface area (Å²) in [7, 11) is 1.76. The Hall–Kier alpha value is -1.14. The lowest BCUT2D eigenvalue weighted by molar-refractivity contribution is -0.145. The molecule has 1 unspecified atom stereocenters. The van der Waals surface area contributed by atoms with E-state index in [9.17, 15) is 4.79 Å². The Balaban J connectivity index is 2.31. The molecule has 0 aromatic carbocycles. The fourth-order valence-corrected chi connectivity index (χ4v) is 2.10. The Morgan fingerprint density at radius 3 is 3.00 bits per heavy atom. The molecule has 0 amide bonds. The SMILES string of the molecule is CCOC(=O)C(CCSc1cnccn1)NC. The van der Waals surface area contributed by atoms with E-state index >= 15 is 0 Å². The molecule has 0 saturated heterocycles. The number of thioether (sulfide) groups is 1.